The van der Waals surface area contributed by atoms with Gasteiger partial charge in [0.25, 0.3) is 0 Å². The van der Waals surface area contributed by atoms with Gasteiger partial charge >= 0.3 is 29.8 Å². The van der Waals surface area contributed by atoms with E-state index in [-0.39, 0.29) is 52.3 Å². The van der Waals surface area contributed by atoms with Crippen LogP contribution in [0.5, 0.6) is 0 Å². The van der Waals surface area contributed by atoms with E-state index >= 15 is 4.79 Å². The lowest BCUT2D eigenvalue weighted by molar-refractivity contribution is -0.304. The first kappa shape index (κ1) is 47.4. The number of aliphatic hydroxyl groups excluding tert-OH is 2. The Morgan fingerprint density at radius 2 is 1.38 bits per heavy atom. The van der Waals surface area contributed by atoms with Crippen molar-refractivity contribution in [3.05, 3.63) is 11.6 Å². The molecule has 0 aromatic carbocycles. The van der Waals surface area contributed by atoms with Crippen molar-refractivity contribution in [3.8, 4) is 0 Å². The molecule has 14 nitrogen and oxygen atoms in total. The maximum absolute atomic E-state index is 15.2. The molecule has 5 aliphatic carbocycles. The van der Waals surface area contributed by atoms with E-state index in [1.807, 2.05) is 0 Å². The van der Waals surface area contributed by atoms with Crippen molar-refractivity contribution in [1.29, 1.82) is 0 Å². The van der Waals surface area contributed by atoms with Crippen LogP contribution < -0.4 is 0 Å². The zero-order chi connectivity index (χ0) is 45.1. The molecule has 2 N–H and O–H groups in total. The maximum Gasteiger partial charge on any atom is 0.315 e. The fraction of sp³-hybridized carbons (Fsp3) is 0.851. The van der Waals surface area contributed by atoms with Crippen LogP contribution in [0.3, 0.4) is 0 Å². The van der Waals surface area contributed by atoms with Gasteiger partial charge in [0.2, 0.25) is 12.4 Å². The number of ether oxygens (including phenoxy) is 7. The topological polar surface area (TPSA) is 190 Å². The standard InChI is InChI=1S/C47H72O14/c1-26(49)55-25-33-37(57-27(2)50)38(58-28(3)51)39(59-29(4)52)40(60-33)61-41(54)47-20-18-42(5,6)22-32(47)31-12-13-35-44(9)16-15-36(56-24-30(53)23-48)43(7,8)34(44)14-17-46(35,11)45(31,10)19-21-47/h12,30,32-40,48,53H,13-25H2,1-11H3/t30?,32-,33+,34-,35+,36-,37+,38-,39+,40?,44-,45+,46+,47-/m0/s1. The second-order valence-corrected chi connectivity index (χ2v) is 21.4. The van der Waals surface area contributed by atoms with Crippen molar-refractivity contribution in [2.24, 2.45) is 50.2 Å². The highest BCUT2D eigenvalue weighted by molar-refractivity contribution is 5.79. The Kier molecular flexibility index (Phi) is 13.3. The third-order valence-corrected chi connectivity index (χ3v) is 16.9. The summed E-state index contributed by atoms with van der Waals surface area (Å²) in [5.41, 5.74) is -0.0381. The van der Waals surface area contributed by atoms with Crippen LogP contribution >= 0.6 is 0 Å². The van der Waals surface area contributed by atoms with Gasteiger partial charge in [0.15, 0.2) is 12.2 Å². The molecule has 0 bridgehead atoms. The predicted molar refractivity (Wildman–Crippen MR) is 220 cm³/mol. The van der Waals surface area contributed by atoms with Crippen molar-refractivity contribution in [3.63, 3.8) is 0 Å². The molecule has 0 aromatic heterocycles. The molecule has 61 heavy (non-hydrogen) atoms. The zero-order valence-corrected chi connectivity index (χ0v) is 38.3. The highest BCUT2D eigenvalue weighted by Crippen LogP contribution is 2.76. The van der Waals surface area contributed by atoms with Crippen molar-refractivity contribution >= 4 is 29.8 Å². The molecule has 1 heterocycles. The lowest BCUT2D eigenvalue weighted by atomic mass is 9.33. The summed E-state index contributed by atoms with van der Waals surface area (Å²) in [4.78, 5) is 64.6. The number of hydrogen-bond donors (Lipinski definition) is 2. The molecule has 0 radical (unpaired) electrons. The van der Waals surface area contributed by atoms with E-state index < -0.39 is 78.7 Å². The molecule has 5 fully saturated rings. The summed E-state index contributed by atoms with van der Waals surface area (Å²) in [6.45, 7) is 20.6. The first-order valence-corrected chi connectivity index (χ1v) is 22.5. The molecule has 6 rings (SSSR count). The molecule has 4 saturated carbocycles. The first-order chi connectivity index (χ1) is 28.3. The summed E-state index contributed by atoms with van der Waals surface area (Å²) in [5.74, 6) is -2.76. The van der Waals surface area contributed by atoms with E-state index in [9.17, 15) is 29.4 Å². The van der Waals surface area contributed by atoms with Crippen LogP contribution in [0.25, 0.3) is 0 Å². The van der Waals surface area contributed by atoms with Crippen LogP contribution in [0.15, 0.2) is 11.6 Å². The van der Waals surface area contributed by atoms with Crippen molar-refractivity contribution in [2.45, 2.75) is 183 Å². The molecule has 6 aliphatic rings. The van der Waals surface area contributed by atoms with Crippen molar-refractivity contribution in [1.82, 2.24) is 0 Å². The molecular weight excluding hydrogens is 789 g/mol. The van der Waals surface area contributed by atoms with E-state index in [1.165, 1.54) is 12.5 Å². The minimum atomic E-state index is -1.58. The Bertz CT molecular complexity index is 1740. The molecule has 344 valence electrons. The normalized spacial score (nSPS) is 41.5. The minimum Gasteiger partial charge on any atom is -0.463 e. The Balaban J connectivity index is 1.34. The van der Waals surface area contributed by atoms with E-state index in [0.717, 1.165) is 72.1 Å². The van der Waals surface area contributed by atoms with Crippen molar-refractivity contribution in [2.75, 3.05) is 19.8 Å². The van der Waals surface area contributed by atoms with Gasteiger partial charge in [-0.2, -0.15) is 0 Å². The van der Waals surface area contributed by atoms with Crippen LogP contribution in [-0.4, -0.2) is 103 Å². The monoisotopic (exact) mass is 860 g/mol. The third kappa shape index (κ3) is 8.53. The highest BCUT2D eigenvalue weighted by atomic mass is 16.7. The molecule has 2 unspecified atom stereocenters. The van der Waals surface area contributed by atoms with Crippen LogP contribution in [0, 0.1) is 50.2 Å². The molecule has 1 aliphatic heterocycles. The average molecular weight is 861 g/mol. The molecule has 1 saturated heterocycles. The van der Waals surface area contributed by atoms with Gasteiger partial charge in [-0.05, 0) is 109 Å². The van der Waals surface area contributed by atoms with Crippen molar-refractivity contribution < 1.29 is 67.3 Å². The van der Waals surface area contributed by atoms with Crippen LogP contribution in [-0.2, 0) is 57.1 Å². The van der Waals surface area contributed by atoms with Gasteiger partial charge in [-0.3, -0.25) is 24.0 Å². The minimum absolute atomic E-state index is 0.0189. The lowest BCUT2D eigenvalue weighted by Crippen LogP contribution is -2.66. The number of hydrogen-bond acceptors (Lipinski definition) is 14. The summed E-state index contributed by atoms with van der Waals surface area (Å²) in [6, 6.07) is 0. The lowest BCUT2D eigenvalue weighted by Gasteiger charge is -2.71. The fourth-order valence-electron chi connectivity index (χ4n) is 13.7. The van der Waals surface area contributed by atoms with E-state index in [2.05, 4.69) is 54.5 Å². The number of allylic oxidation sites excluding steroid dienone is 2. The van der Waals surface area contributed by atoms with E-state index in [1.54, 1.807) is 0 Å². The second-order valence-electron chi connectivity index (χ2n) is 21.4. The van der Waals surface area contributed by atoms with Gasteiger partial charge < -0.3 is 43.4 Å². The maximum atomic E-state index is 15.2. The van der Waals surface area contributed by atoms with E-state index in [0.29, 0.717) is 24.7 Å². The quantitative estimate of drug-likeness (QED) is 0.137. The Morgan fingerprint density at radius 3 is 2.00 bits per heavy atom. The van der Waals surface area contributed by atoms with E-state index in [4.69, 9.17) is 33.2 Å². The smallest absolute Gasteiger partial charge is 0.315 e. The molecule has 14 heteroatoms. The first-order valence-electron chi connectivity index (χ1n) is 22.5. The zero-order valence-electron chi connectivity index (χ0n) is 38.3. The SMILES string of the molecule is CC(=O)OC[C@H]1OC(OC(=O)[C@]23CCC(C)(C)C[C@H]2C2=CC[C@@H]4[C@@]5(C)CC[C@H](OCC(O)CO)C(C)(C)[C@@H]5CC[C@@]4(C)[C@]2(C)CC3)[C@H](OC(C)=O)[C@@H](OC(C)=O)[C@@H]1OC(C)=O. The van der Waals surface area contributed by atoms with Gasteiger partial charge in [0.1, 0.15) is 18.8 Å². The number of rotatable bonds is 11. The molecule has 0 spiro atoms. The second kappa shape index (κ2) is 17.1. The molecule has 14 atom stereocenters. The van der Waals surface area contributed by atoms with Crippen LogP contribution in [0.1, 0.15) is 140 Å². The number of fused-ring (bicyclic) bond motifs is 7. The summed E-state index contributed by atoms with van der Waals surface area (Å²) >= 11 is 0. The predicted octanol–water partition coefficient (Wildman–Crippen LogP) is 6.15. The Labute approximate surface area is 361 Å². The Morgan fingerprint density at radius 1 is 0.754 bits per heavy atom. The molecule has 0 amide bonds. The average Bonchev–Trinajstić information content (AvgIpc) is 3.15. The largest absolute Gasteiger partial charge is 0.463 e. The fourth-order valence-corrected chi connectivity index (χ4v) is 13.7. The molecular formula is C47H72O14. The number of carbonyl (C=O) groups excluding carboxylic acids is 5. The summed E-state index contributed by atoms with van der Waals surface area (Å²) < 4.78 is 41.1. The summed E-state index contributed by atoms with van der Waals surface area (Å²) in [6.07, 6.45) is 2.74. The third-order valence-electron chi connectivity index (χ3n) is 16.9. The van der Waals surface area contributed by atoms with Crippen LogP contribution in [0.4, 0.5) is 0 Å². The van der Waals surface area contributed by atoms with Gasteiger partial charge in [-0.1, -0.05) is 60.1 Å². The van der Waals surface area contributed by atoms with Gasteiger partial charge in [0.05, 0.1) is 24.7 Å². The van der Waals surface area contributed by atoms with Gasteiger partial charge in [-0.25, -0.2) is 0 Å². The number of esters is 5. The number of carbonyl (C=O) groups is 5. The summed E-state index contributed by atoms with van der Waals surface area (Å²) in [5, 5.41) is 19.5. The summed E-state index contributed by atoms with van der Waals surface area (Å²) in [7, 11) is 0. The molecule has 0 aromatic rings. The highest BCUT2D eigenvalue weighted by Gasteiger charge is 2.70. The van der Waals surface area contributed by atoms with Crippen LogP contribution in [0.2, 0.25) is 0 Å². The number of aliphatic hydroxyl groups is 2. The Hall–Kier alpha value is -3.07. The van der Waals surface area contributed by atoms with Gasteiger partial charge in [-0.15, -0.1) is 0 Å². The van der Waals surface area contributed by atoms with Gasteiger partial charge in [0, 0.05) is 27.7 Å².